The second-order valence-electron chi connectivity index (χ2n) is 10.9. The van der Waals surface area contributed by atoms with Crippen LogP contribution in [0.15, 0.2) is 109 Å². The molecule has 5 aromatic rings. The van der Waals surface area contributed by atoms with E-state index in [2.05, 4.69) is 27.1 Å². The first kappa shape index (κ1) is 29.1. The molecule has 1 aliphatic rings. The molecular weight excluding hydrogens is 566 g/mol. The number of thiazole rings is 1. The van der Waals surface area contributed by atoms with Gasteiger partial charge in [0.25, 0.3) is 0 Å². The number of aryl methyl sites for hydroxylation is 1. The van der Waals surface area contributed by atoms with Crippen LogP contribution < -0.4 is 0 Å². The highest BCUT2D eigenvalue weighted by molar-refractivity contribution is 7.10. The van der Waals surface area contributed by atoms with E-state index in [1.54, 1.807) is 41.2 Å². The van der Waals surface area contributed by atoms with Crippen molar-refractivity contribution in [2.75, 3.05) is 6.54 Å². The number of amides is 2. The Kier molecular flexibility index (Phi) is 8.98. The van der Waals surface area contributed by atoms with Gasteiger partial charge in [-0.2, -0.15) is 0 Å². The summed E-state index contributed by atoms with van der Waals surface area (Å²) in [7, 11) is 0. The number of fused-ring (bicyclic) bond motifs is 1. The zero-order valence-electron chi connectivity index (χ0n) is 24.5. The number of rotatable bonds is 9. The summed E-state index contributed by atoms with van der Waals surface area (Å²) in [4.78, 5) is 46.0. The van der Waals surface area contributed by atoms with E-state index in [4.69, 9.17) is 0 Å². The van der Waals surface area contributed by atoms with Crippen LogP contribution in [-0.2, 0) is 35.5 Å². The quantitative estimate of drug-likeness (QED) is 0.190. The topological polar surface area (TPSA) is 79.3 Å². The van der Waals surface area contributed by atoms with E-state index in [9.17, 15) is 9.59 Å². The molecule has 0 radical (unpaired) electrons. The first-order valence-corrected chi connectivity index (χ1v) is 15.6. The number of carbonyl (C=O) groups is 2. The van der Waals surface area contributed by atoms with Crippen LogP contribution in [0.25, 0.3) is 17.3 Å². The van der Waals surface area contributed by atoms with E-state index in [0.717, 1.165) is 44.9 Å². The lowest BCUT2D eigenvalue weighted by Crippen LogP contribution is -2.52. The zero-order chi connectivity index (χ0) is 30.3. The first-order valence-electron chi connectivity index (χ1n) is 14.7. The van der Waals surface area contributed by atoms with Gasteiger partial charge >= 0.3 is 0 Å². The minimum atomic E-state index is -0.693. The molecule has 0 saturated carbocycles. The molecule has 3 heterocycles. The van der Waals surface area contributed by atoms with Crippen molar-refractivity contribution in [3.05, 3.63) is 142 Å². The highest BCUT2D eigenvalue weighted by Gasteiger charge is 2.34. The number of nitrogens with zero attached hydrogens (tertiary/aromatic N) is 5. The SMILES string of the molecule is Cc1ncsc1/C=C/C(=O)N(Cc1ccc(-c2cnccn2)cc1)[C@@H](Cc1ccccc1)C(=O)N1CCc2ccccc2C1. The van der Waals surface area contributed by atoms with Crippen LogP contribution in [0, 0.1) is 6.92 Å². The molecule has 0 saturated heterocycles. The molecule has 0 unspecified atom stereocenters. The number of benzene rings is 3. The Hall–Kier alpha value is -4.95. The first-order chi connectivity index (χ1) is 21.5. The van der Waals surface area contributed by atoms with E-state index < -0.39 is 6.04 Å². The Morgan fingerprint density at radius 2 is 1.70 bits per heavy atom. The van der Waals surface area contributed by atoms with Crippen molar-refractivity contribution in [3.8, 4) is 11.3 Å². The number of carbonyl (C=O) groups excluding carboxylic acids is 2. The fraction of sp³-hybridized carbons (Fsp3) is 0.194. The largest absolute Gasteiger partial charge is 0.336 e. The van der Waals surface area contributed by atoms with Gasteiger partial charge in [0.05, 0.1) is 23.1 Å². The van der Waals surface area contributed by atoms with E-state index in [0.29, 0.717) is 19.5 Å². The minimum Gasteiger partial charge on any atom is -0.336 e. The van der Waals surface area contributed by atoms with Crippen molar-refractivity contribution in [1.82, 2.24) is 24.8 Å². The lowest BCUT2D eigenvalue weighted by atomic mass is 9.97. The molecule has 0 fully saturated rings. The Bertz CT molecular complexity index is 1750. The van der Waals surface area contributed by atoms with Crippen LogP contribution in [-0.4, -0.2) is 49.2 Å². The van der Waals surface area contributed by atoms with E-state index in [1.807, 2.05) is 78.6 Å². The second-order valence-corrected chi connectivity index (χ2v) is 11.8. The van der Waals surface area contributed by atoms with Gasteiger partial charge < -0.3 is 9.80 Å². The Labute approximate surface area is 261 Å². The molecular formula is C36H33N5O2S. The predicted molar refractivity (Wildman–Crippen MR) is 173 cm³/mol. The molecule has 1 atom stereocenters. The summed E-state index contributed by atoms with van der Waals surface area (Å²) in [6.45, 7) is 3.35. The molecule has 6 rings (SSSR count). The third-order valence-corrected chi connectivity index (χ3v) is 8.88. The Balaban J connectivity index is 1.34. The van der Waals surface area contributed by atoms with Crippen molar-refractivity contribution in [1.29, 1.82) is 0 Å². The third kappa shape index (κ3) is 6.82. The summed E-state index contributed by atoms with van der Waals surface area (Å²) in [5.74, 6) is -0.266. The van der Waals surface area contributed by atoms with Gasteiger partial charge in [0.2, 0.25) is 11.8 Å². The summed E-state index contributed by atoms with van der Waals surface area (Å²) in [5.41, 5.74) is 8.70. The van der Waals surface area contributed by atoms with E-state index in [1.165, 1.54) is 16.9 Å². The van der Waals surface area contributed by atoms with Crippen LogP contribution in [0.1, 0.15) is 32.8 Å². The fourth-order valence-electron chi connectivity index (χ4n) is 5.54. The molecule has 7 nitrogen and oxygen atoms in total. The molecule has 3 aromatic carbocycles. The monoisotopic (exact) mass is 599 g/mol. The fourth-order valence-corrected chi connectivity index (χ4v) is 6.24. The zero-order valence-corrected chi connectivity index (χ0v) is 25.4. The summed E-state index contributed by atoms with van der Waals surface area (Å²) < 4.78 is 0. The molecule has 2 amide bonds. The van der Waals surface area contributed by atoms with Gasteiger partial charge in [-0.15, -0.1) is 11.3 Å². The average Bonchev–Trinajstić information content (AvgIpc) is 3.50. The van der Waals surface area contributed by atoms with E-state index >= 15 is 0 Å². The summed E-state index contributed by atoms with van der Waals surface area (Å²) in [6, 6.07) is 25.5. The molecule has 8 heteroatoms. The molecule has 0 spiro atoms. The second kappa shape index (κ2) is 13.6. The lowest BCUT2D eigenvalue weighted by molar-refractivity contribution is -0.144. The molecule has 0 N–H and O–H groups in total. The molecule has 44 heavy (non-hydrogen) atoms. The maximum absolute atomic E-state index is 14.5. The van der Waals surface area contributed by atoms with Gasteiger partial charge in [-0.1, -0.05) is 78.9 Å². The van der Waals surface area contributed by atoms with Gasteiger partial charge in [0, 0.05) is 55.0 Å². The highest BCUT2D eigenvalue weighted by Crippen LogP contribution is 2.24. The molecule has 2 aromatic heterocycles. The van der Waals surface area contributed by atoms with Crippen LogP contribution >= 0.6 is 11.3 Å². The van der Waals surface area contributed by atoms with Crippen molar-refractivity contribution in [3.63, 3.8) is 0 Å². The maximum Gasteiger partial charge on any atom is 0.247 e. The van der Waals surface area contributed by atoms with Crippen molar-refractivity contribution in [2.45, 2.75) is 38.9 Å². The molecule has 0 aliphatic carbocycles. The smallest absolute Gasteiger partial charge is 0.247 e. The van der Waals surface area contributed by atoms with Crippen molar-refractivity contribution < 1.29 is 9.59 Å². The average molecular weight is 600 g/mol. The summed E-state index contributed by atoms with van der Waals surface area (Å²) in [5, 5.41) is 0. The maximum atomic E-state index is 14.5. The number of hydrogen-bond donors (Lipinski definition) is 0. The van der Waals surface area contributed by atoms with Gasteiger partial charge in [0.1, 0.15) is 6.04 Å². The highest BCUT2D eigenvalue weighted by atomic mass is 32.1. The predicted octanol–water partition coefficient (Wildman–Crippen LogP) is 6.15. The molecule has 1 aliphatic heterocycles. The summed E-state index contributed by atoms with van der Waals surface area (Å²) >= 11 is 1.49. The van der Waals surface area contributed by atoms with E-state index in [-0.39, 0.29) is 18.4 Å². The van der Waals surface area contributed by atoms with Crippen molar-refractivity contribution in [2.24, 2.45) is 0 Å². The Morgan fingerprint density at radius 3 is 2.43 bits per heavy atom. The van der Waals surface area contributed by atoms with Crippen LogP contribution in [0.4, 0.5) is 0 Å². The molecule has 0 bridgehead atoms. The molecule has 220 valence electrons. The minimum absolute atomic E-state index is 0.0461. The normalized spacial score (nSPS) is 13.4. The van der Waals surface area contributed by atoms with Crippen LogP contribution in [0.2, 0.25) is 0 Å². The van der Waals surface area contributed by atoms with Gasteiger partial charge in [0.15, 0.2) is 0 Å². The standard InChI is InChI=1S/C36H33N5O2S/c1-26-34(44-25-39-26)15-16-35(42)41(23-28-11-13-30(14-12-28)32-22-37-18-19-38-32)33(21-27-7-3-2-4-8-27)36(43)40-20-17-29-9-5-6-10-31(29)24-40/h2-16,18-19,22,25,33H,17,20-21,23-24H2,1H3/b16-15+/t33-/m0/s1. The third-order valence-electron chi connectivity index (χ3n) is 7.98. The van der Waals surface area contributed by atoms with Crippen LogP contribution in [0.5, 0.6) is 0 Å². The van der Waals surface area contributed by atoms with Gasteiger partial charge in [-0.25, -0.2) is 4.98 Å². The van der Waals surface area contributed by atoms with Gasteiger partial charge in [-0.05, 0) is 41.7 Å². The van der Waals surface area contributed by atoms with Crippen LogP contribution in [0.3, 0.4) is 0 Å². The van der Waals surface area contributed by atoms with Crippen molar-refractivity contribution >= 4 is 29.2 Å². The summed E-state index contributed by atoms with van der Waals surface area (Å²) in [6.07, 6.45) is 9.62. The Morgan fingerprint density at radius 1 is 0.932 bits per heavy atom. The number of hydrogen-bond acceptors (Lipinski definition) is 6. The number of aromatic nitrogens is 3. The lowest BCUT2D eigenvalue weighted by Gasteiger charge is -2.37. The van der Waals surface area contributed by atoms with Gasteiger partial charge in [-0.3, -0.25) is 19.6 Å².